The molecule has 0 radical (unpaired) electrons. The summed E-state index contributed by atoms with van der Waals surface area (Å²) in [6.07, 6.45) is 3.35. The first-order valence-electron chi connectivity index (χ1n) is 5.33. The third kappa shape index (κ3) is 1.41. The first-order valence-corrected chi connectivity index (χ1v) is 5.33. The highest BCUT2D eigenvalue weighted by atomic mass is 16.3. The normalized spacial score (nSPS) is 11.4. The summed E-state index contributed by atoms with van der Waals surface area (Å²) in [5.41, 5.74) is 9.66. The Hall–Kier alpha value is -2.24. The van der Waals surface area contributed by atoms with Crippen molar-refractivity contribution < 1.29 is 4.42 Å². The minimum absolute atomic E-state index is 0.498. The van der Waals surface area contributed by atoms with E-state index in [0.29, 0.717) is 12.5 Å². The number of nitrogens with zero attached hydrogens (tertiary/aromatic N) is 4. The lowest BCUT2D eigenvalue weighted by molar-refractivity contribution is 0.562. The Morgan fingerprint density at radius 3 is 3.00 bits per heavy atom. The van der Waals surface area contributed by atoms with Crippen molar-refractivity contribution in [1.29, 1.82) is 0 Å². The van der Waals surface area contributed by atoms with Gasteiger partial charge in [-0.2, -0.15) is 5.10 Å². The fourth-order valence-electron chi connectivity index (χ4n) is 2.07. The molecule has 0 aromatic carbocycles. The molecule has 17 heavy (non-hydrogen) atoms. The highest BCUT2D eigenvalue weighted by Crippen LogP contribution is 2.21. The number of anilines is 1. The lowest BCUT2D eigenvalue weighted by atomic mass is 10.3. The van der Waals surface area contributed by atoms with E-state index in [1.165, 1.54) is 0 Å². The van der Waals surface area contributed by atoms with Crippen LogP contribution < -0.4 is 5.73 Å². The van der Waals surface area contributed by atoms with Crippen molar-refractivity contribution in [2.75, 3.05) is 5.73 Å². The number of aryl methyl sites for hydroxylation is 2. The summed E-state index contributed by atoms with van der Waals surface area (Å²) in [5, 5.41) is 4.34. The van der Waals surface area contributed by atoms with Crippen molar-refractivity contribution in [3.8, 4) is 0 Å². The average molecular weight is 231 g/mol. The molecule has 0 amide bonds. The molecule has 0 saturated heterocycles. The Morgan fingerprint density at radius 2 is 2.29 bits per heavy atom. The van der Waals surface area contributed by atoms with Crippen molar-refractivity contribution >= 4 is 17.1 Å². The van der Waals surface area contributed by atoms with Gasteiger partial charge in [-0.1, -0.05) is 0 Å². The largest absolute Gasteiger partial charge is 0.472 e. The van der Waals surface area contributed by atoms with Crippen molar-refractivity contribution in [2.24, 2.45) is 7.05 Å². The second kappa shape index (κ2) is 3.38. The summed E-state index contributed by atoms with van der Waals surface area (Å²) < 4.78 is 8.78. The van der Waals surface area contributed by atoms with Gasteiger partial charge in [0.05, 0.1) is 24.8 Å². The summed E-state index contributed by atoms with van der Waals surface area (Å²) in [4.78, 5) is 4.34. The lowest BCUT2D eigenvalue weighted by Gasteiger charge is -2.04. The number of nitrogen functional groups attached to an aromatic ring is 1. The van der Waals surface area contributed by atoms with Crippen LogP contribution >= 0.6 is 0 Å². The average Bonchev–Trinajstić information content (AvgIpc) is 2.93. The van der Waals surface area contributed by atoms with Crippen molar-refractivity contribution in [3.63, 3.8) is 0 Å². The Labute approximate surface area is 97.6 Å². The third-order valence-corrected chi connectivity index (χ3v) is 2.84. The Morgan fingerprint density at radius 1 is 1.47 bits per heavy atom. The van der Waals surface area contributed by atoms with E-state index in [1.54, 1.807) is 17.2 Å². The molecule has 3 aromatic heterocycles. The molecule has 6 nitrogen and oxygen atoms in total. The van der Waals surface area contributed by atoms with Crippen LogP contribution in [0.3, 0.4) is 0 Å². The topological polar surface area (TPSA) is 74.8 Å². The lowest BCUT2D eigenvalue weighted by Crippen LogP contribution is -2.07. The highest BCUT2D eigenvalue weighted by Gasteiger charge is 2.15. The van der Waals surface area contributed by atoms with Gasteiger partial charge >= 0.3 is 0 Å². The molecule has 6 heteroatoms. The fourth-order valence-corrected chi connectivity index (χ4v) is 2.07. The van der Waals surface area contributed by atoms with Gasteiger partial charge in [-0.25, -0.2) is 4.98 Å². The van der Waals surface area contributed by atoms with Gasteiger partial charge in [0.15, 0.2) is 5.65 Å². The fraction of sp³-hybridized carbons (Fsp3) is 0.273. The molecule has 0 fully saturated rings. The van der Waals surface area contributed by atoms with E-state index in [-0.39, 0.29) is 0 Å². The zero-order chi connectivity index (χ0) is 12.0. The Balaban J connectivity index is 2.18. The van der Waals surface area contributed by atoms with Crippen LogP contribution in [0, 0.1) is 6.92 Å². The van der Waals surface area contributed by atoms with Gasteiger partial charge in [-0.15, -0.1) is 0 Å². The number of rotatable bonds is 2. The van der Waals surface area contributed by atoms with Gasteiger partial charge in [-0.3, -0.25) is 9.25 Å². The standard InChI is InChI=1S/C11H13N5O/c1-7-9-10(15(2)14-7)16(11(12)13-9)5-8-3-4-17-6-8/h3-4,6H,5H2,1-2H3,(H2,12,13). The maximum atomic E-state index is 5.93. The first-order chi connectivity index (χ1) is 8.16. The van der Waals surface area contributed by atoms with E-state index < -0.39 is 0 Å². The molecule has 0 atom stereocenters. The number of hydrogen-bond donors (Lipinski definition) is 1. The SMILES string of the molecule is Cc1nn(C)c2c1nc(N)n2Cc1ccoc1. The number of nitrogens with two attached hydrogens (primary N) is 1. The summed E-state index contributed by atoms with van der Waals surface area (Å²) in [7, 11) is 1.89. The second-order valence-corrected chi connectivity index (χ2v) is 4.07. The number of fused-ring (bicyclic) bond motifs is 1. The van der Waals surface area contributed by atoms with E-state index in [1.807, 2.05) is 24.6 Å². The first kappa shape index (κ1) is 9.95. The Kier molecular flexibility index (Phi) is 1.98. The number of aromatic nitrogens is 4. The van der Waals surface area contributed by atoms with Crippen LogP contribution in [0.15, 0.2) is 23.0 Å². The minimum atomic E-state index is 0.498. The maximum Gasteiger partial charge on any atom is 0.202 e. The second-order valence-electron chi connectivity index (χ2n) is 4.07. The van der Waals surface area contributed by atoms with Crippen molar-refractivity contribution in [3.05, 3.63) is 29.9 Å². The van der Waals surface area contributed by atoms with Crippen molar-refractivity contribution in [2.45, 2.75) is 13.5 Å². The predicted molar refractivity (Wildman–Crippen MR) is 63.5 cm³/mol. The summed E-state index contributed by atoms with van der Waals surface area (Å²) in [6, 6.07) is 1.91. The molecule has 3 rings (SSSR count). The van der Waals surface area contributed by atoms with Gasteiger partial charge in [0.1, 0.15) is 5.52 Å². The quantitative estimate of drug-likeness (QED) is 0.721. The van der Waals surface area contributed by atoms with Crippen LogP contribution in [0.4, 0.5) is 5.95 Å². The van der Waals surface area contributed by atoms with Crippen LogP contribution in [0.2, 0.25) is 0 Å². The van der Waals surface area contributed by atoms with Gasteiger partial charge < -0.3 is 10.2 Å². The molecule has 0 aliphatic carbocycles. The van der Waals surface area contributed by atoms with Gasteiger partial charge in [0.2, 0.25) is 5.95 Å². The molecule has 3 aromatic rings. The molecule has 0 aliphatic rings. The number of hydrogen-bond acceptors (Lipinski definition) is 4. The van der Waals surface area contributed by atoms with Crippen LogP contribution in [0.1, 0.15) is 11.3 Å². The molecule has 0 unspecified atom stereocenters. The molecule has 0 spiro atoms. The van der Waals surface area contributed by atoms with Gasteiger partial charge in [0, 0.05) is 12.6 Å². The van der Waals surface area contributed by atoms with Gasteiger partial charge in [-0.05, 0) is 13.0 Å². The molecule has 0 aliphatic heterocycles. The smallest absolute Gasteiger partial charge is 0.202 e. The zero-order valence-corrected chi connectivity index (χ0v) is 9.71. The molecule has 0 saturated carbocycles. The maximum absolute atomic E-state index is 5.93. The van der Waals surface area contributed by atoms with Crippen LogP contribution in [-0.2, 0) is 13.6 Å². The summed E-state index contributed by atoms with van der Waals surface area (Å²) >= 11 is 0. The molecular formula is C11H13N5O. The number of imidazole rings is 1. The summed E-state index contributed by atoms with van der Waals surface area (Å²) in [6.45, 7) is 2.56. The van der Waals surface area contributed by atoms with Gasteiger partial charge in [0.25, 0.3) is 0 Å². The summed E-state index contributed by atoms with van der Waals surface area (Å²) in [5.74, 6) is 0.498. The van der Waals surface area contributed by atoms with E-state index in [0.717, 1.165) is 22.4 Å². The van der Waals surface area contributed by atoms with Crippen LogP contribution in [-0.4, -0.2) is 19.3 Å². The van der Waals surface area contributed by atoms with E-state index >= 15 is 0 Å². The van der Waals surface area contributed by atoms with E-state index in [9.17, 15) is 0 Å². The molecule has 88 valence electrons. The number of furan rings is 1. The molecule has 3 heterocycles. The van der Waals surface area contributed by atoms with Crippen molar-refractivity contribution in [1.82, 2.24) is 19.3 Å². The minimum Gasteiger partial charge on any atom is -0.472 e. The van der Waals surface area contributed by atoms with Crippen LogP contribution in [0.5, 0.6) is 0 Å². The Bertz CT molecular complexity index is 662. The zero-order valence-electron chi connectivity index (χ0n) is 9.71. The monoisotopic (exact) mass is 231 g/mol. The van der Waals surface area contributed by atoms with Crippen LogP contribution in [0.25, 0.3) is 11.2 Å². The van der Waals surface area contributed by atoms with E-state index in [2.05, 4.69) is 10.1 Å². The third-order valence-electron chi connectivity index (χ3n) is 2.84. The molecular weight excluding hydrogens is 218 g/mol. The van der Waals surface area contributed by atoms with E-state index in [4.69, 9.17) is 10.2 Å². The predicted octanol–water partition coefficient (Wildman–Crippen LogP) is 1.30. The highest BCUT2D eigenvalue weighted by molar-refractivity contribution is 5.77. The molecule has 0 bridgehead atoms. The molecule has 2 N–H and O–H groups in total.